The fourth-order valence-electron chi connectivity index (χ4n) is 1.90. The van der Waals surface area contributed by atoms with Crippen LogP contribution in [0, 0.1) is 6.92 Å². The van der Waals surface area contributed by atoms with Crippen LogP contribution in [0.2, 0.25) is 5.02 Å². The lowest BCUT2D eigenvalue weighted by Crippen LogP contribution is -2.32. The summed E-state index contributed by atoms with van der Waals surface area (Å²) >= 11 is 5.95. The van der Waals surface area contributed by atoms with Gasteiger partial charge in [-0.2, -0.15) is 4.98 Å². The van der Waals surface area contributed by atoms with E-state index >= 15 is 0 Å². The van der Waals surface area contributed by atoms with Crippen LogP contribution in [0.25, 0.3) is 0 Å². The van der Waals surface area contributed by atoms with Gasteiger partial charge in [-0.25, -0.2) is 0 Å². The molecule has 7 heteroatoms. The fourth-order valence-corrected chi connectivity index (χ4v) is 2.11. The molecule has 0 atom stereocenters. The Morgan fingerprint density at radius 1 is 1.48 bits per heavy atom. The molecule has 0 aliphatic carbocycles. The van der Waals surface area contributed by atoms with Crippen LogP contribution in [-0.2, 0) is 6.54 Å². The number of nitrogens with zero attached hydrogens (tertiary/aromatic N) is 3. The van der Waals surface area contributed by atoms with E-state index in [0.29, 0.717) is 30.4 Å². The molecule has 0 saturated carbocycles. The second-order valence-electron chi connectivity index (χ2n) is 4.57. The van der Waals surface area contributed by atoms with E-state index in [1.807, 2.05) is 12.1 Å². The van der Waals surface area contributed by atoms with E-state index in [-0.39, 0.29) is 18.3 Å². The van der Waals surface area contributed by atoms with Gasteiger partial charge in [-0.3, -0.25) is 4.79 Å². The minimum atomic E-state index is -0.333. The monoisotopic (exact) mass is 309 g/mol. The Labute approximate surface area is 127 Å². The lowest BCUT2D eigenvalue weighted by Gasteiger charge is -2.21. The average molecular weight is 310 g/mol. The summed E-state index contributed by atoms with van der Waals surface area (Å²) < 4.78 is 4.83. The number of hydrogen-bond donors (Lipinski definition) is 1. The van der Waals surface area contributed by atoms with Gasteiger partial charge < -0.3 is 14.5 Å². The van der Waals surface area contributed by atoms with Crippen molar-refractivity contribution in [2.45, 2.75) is 19.9 Å². The Bertz CT molecular complexity index is 615. The molecule has 2 rings (SSSR count). The van der Waals surface area contributed by atoms with Gasteiger partial charge in [0, 0.05) is 31.6 Å². The molecular weight excluding hydrogens is 294 g/mol. The summed E-state index contributed by atoms with van der Waals surface area (Å²) in [5.41, 5.74) is 0.897. The molecule has 0 aliphatic rings. The number of benzene rings is 1. The third-order valence-corrected chi connectivity index (χ3v) is 3.09. The molecule has 112 valence electrons. The van der Waals surface area contributed by atoms with E-state index in [4.69, 9.17) is 21.2 Å². The number of rotatable bonds is 6. The maximum absolute atomic E-state index is 12.4. The SMILES string of the molecule is Cc1nc(C(=O)N(CCCO)Cc2cccc(Cl)c2)no1. The van der Waals surface area contributed by atoms with Crippen molar-refractivity contribution in [2.24, 2.45) is 0 Å². The van der Waals surface area contributed by atoms with Crippen LogP contribution in [0.4, 0.5) is 0 Å². The smallest absolute Gasteiger partial charge is 0.295 e. The van der Waals surface area contributed by atoms with Crippen molar-refractivity contribution in [3.05, 3.63) is 46.6 Å². The molecule has 0 aliphatic heterocycles. The van der Waals surface area contributed by atoms with Gasteiger partial charge in [0.1, 0.15) is 0 Å². The average Bonchev–Trinajstić information content (AvgIpc) is 2.89. The van der Waals surface area contributed by atoms with Gasteiger partial charge in [-0.05, 0) is 24.1 Å². The second-order valence-corrected chi connectivity index (χ2v) is 5.01. The first-order valence-corrected chi connectivity index (χ1v) is 6.93. The lowest BCUT2D eigenvalue weighted by atomic mass is 10.2. The minimum absolute atomic E-state index is 0.00456. The maximum Gasteiger partial charge on any atom is 0.295 e. The predicted molar refractivity (Wildman–Crippen MR) is 76.9 cm³/mol. The van der Waals surface area contributed by atoms with Gasteiger partial charge in [0.15, 0.2) is 0 Å². The minimum Gasteiger partial charge on any atom is -0.396 e. The van der Waals surface area contributed by atoms with E-state index in [1.165, 1.54) is 0 Å². The third kappa shape index (κ3) is 4.27. The van der Waals surface area contributed by atoms with Crippen LogP contribution in [0.5, 0.6) is 0 Å². The van der Waals surface area contributed by atoms with Crippen molar-refractivity contribution in [3.63, 3.8) is 0 Å². The van der Waals surface area contributed by atoms with Gasteiger partial charge in [0.2, 0.25) is 5.89 Å². The fraction of sp³-hybridized carbons (Fsp3) is 0.357. The molecule has 6 nitrogen and oxygen atoms in total. The highest BCUT2D eigenvalue weighted by atomic mass is 35.5. The van der Waals surface area contributed by atoms with Crippen LogP contribution in [0.15, 0.2) is 28.8 Å². The summed E-state index contributed by atoms with van der Waals surface area (Å²) in [5, 5.41) is 13.2. The van der Waals surface area contributed by atoms with Crippen molar-refractivity contribution in [1.82, 2.24) is 15.0 Å². The third-order valence-electron chi connectivity index (χ3n) is 2.85. The summed E-state index contributed by atoms with van der Waals surface area (Å²) in [4.78, 5) is 17.9. The van der Waals surface area contributed by atoms with Crippen molar-refractivity contribution in [3.8, 4) is 0 Å². The van der Waals surface area contributed by atoms with Gasteiger partial charge >= 0.3 is 0 Å². The summed E-state index contributed by atoms with van der Waals surface area (Å²) in [6.07, 6.45) is 0.475. The van der Waals surface area contributed by atoms with Crippen LogP contribution in [0.1, 0.15) is 28.5 Å². The zero-order valence-corrected chi connectivity index (χ0v) is 12.4. The Kier molecular flexibility index (Phi) is 5.30. The molecule has 0 fully saturated rings. The first-order valence-electron chi connectivity index (χ1n) is 6.55. The Balaban J connectivity index is 2.15. The molecule has 0 spiro atoms. The number of amides is 1. The maximum atomic E-state index is 12.4. The van der Waals surface area contributed by atoms with Crippen molar-refractivity contribution in [1.29, 1.82) is 0 Å². The molecule has 0 unspecified atom stereocenters. The molecule has 2 aromatic rings. The predicted octanol–water partition coefficient (Wildman–Crippen LogP) is 2.06. The largest absolute Gasteiger partial charge is 0.396 e. The number of carbonyl (C=O) groups excluding carboxylic acids is 1. The highest BCUT2D eigenvalue weighted by Gasteiger charge is 2.20. The number of aryl methyl sites for hydroxylation is 1. The van der Waals surface area contributed by atoms with Crippen LogP contribution >= 0.6 is 11.6 Å². The summed E-state index contributed by atoms with van der Waals surface area (Å²) in [5.74, 6) is 0.0240. The van der Waals surface area contributed by atoms with Gasteiger partial charge in [0.25, 0.3) is 11.7 Å². The summed E-state index contributed by atoms with van der Waals surface area (Å²) in [7, 11) is 0. The van der Waals surface area contributed by atoms with Gasteiger partial charge in [0.05, 0.1) is 0 Å². The highest BCUT2D eigenvalue weighted by molar-refractivity contribution is 6.30. The number of aliphatic hydroxyl groups excluding tert-OH is 1. The number of carbonyl (C=O) groups is 1. The van der Waals surface area contributed by atoms with Crippen molar-refractivity contribution >= 4 is 17.5 Å². The molecule has 1 aromatic carbocycles. The Morgan fingerprint density at radius 3 is 2.90 bits per heavy atom. The van der Waals surface area contributed by atoms with Crippen molar-refractivity contribution in [2.75, 3.05) is 13.2 Å². The summed E-state index contributed by atoms with van der Waals surface area (Å²) in [6.45, 7) is 2.39. The molecule has 0 radical (unpaired) electrons. The number of hydrogen-bond acceptors (Lipinski definition) is 5. The van der Waals surface area contributed by atoms with Crippen LogP contribution < -0.4 is 0 Å². The Morgan fingerprint density at radius 2 is 2.29 bits per heavy atom. The highest BCUT2D eigenvalue weighted by Crippen LogP contribution is 2.14. The molecule has 1 heterocycles. The van der Waals surface area contributed by atoms with E-state index in [2.05, 4.69) is 10.1 Å². The molecule has 1 N–H and O–H groups in total. The number of aliphatic hydroxyl groups is 1. The molecular formula is C14H16ClN3O3. The molecule has 0 saturated heterocycles. The zero-order valence-electron chi connectivity index (χ0n) is 11.6. The standard InChI is InChI=1S/C14H16ClN3O3/c1-10-16-13(17-21-10)14(20)18(6-3-7-19)9-11-4-2-5-12(15)8-11/h2,4-5,8,19H,3,6-7,9H2,1H3. The zero-order chi connectivity index (χ0) is 15.2. The van der Waals surface area contributed by atoms with E-state index in [0.717, 1.165) is 5.56 Å². The van der Waals surface area contributed by atoms with E-state index < -0.39 is 0 Å². The lowest BCUT2D eigenvalue weighted by molar-refractivity contribution is 0.0716. The first-order chi connectivity index (χ1) is 10.1. The van der Waals surface area contributed by atoms with Gasteiger partial charge in [-0.15, -0.1) is 0 Å². The van der Waals surface area contributed by atoms with Crippen LogP contribution in [0.3, 0.4) is 0 Å². The quantitative estimate of drug-likeness (QED) is 0.883. The molecule has 1 aromatic heterocycles. The summed E-state index contributed by atoms with van der Waals surface area (Å²) in [6, 6.07) is 7.27. The normalized spacial score (nSPS) is 10.6. The van der Waals surface area contributed by atoms with E-state index in [1.54, 1.807) is 24.0 Å². The molecule has 1 amide bonds. The Hall–Kier alpha value is -1.92. The topological polar surface area (TPSA) is 79.5 Å². The van der Waals surface area contributed by atoms with E-state index in [9.17, 15) is 4.79 Å². The number of halogens is 1. The number of aromatic nitrogens is 2. The molecule has 0 bridgehead atoms. The van der Waals surface area contributed by atoms with Crippen molar-refractivity contribution < 1.29 is 14.4 Å². The second kappa shape index (κ2) is 7.19. The first kappa shape index (κ1) is 15.5. The molecule has 21 heavy (non-hydrogen) atoms. The van der Waals surface area contributed by atoms with Crippen LogP contribution in [-0.4, -0.2) is 39.2 Å². The van der Waals surface area contributed by atoms with Gasteiger partial charge in [-0.1, -0.05) is 28.9 Å².